The maximum Gasteiger partial charge on any atom is 0.157 e. The number of nitrogens with zero attached hydrogens (tertiary/aromatic N) is 1. The van der Waals surface area contributed by atoms with Crippen molar-refractivity contribution >= 4 is 16.9 Å². The van der Waals surface area contributed by atoms with Gasteiger partial charge in [-0.3, -0.25) is 4.99 Å². The minimum absolute atomic E-state index is 0.230. The zero-order chi connectivity index (χ0) is 13.8. The molecule has 1 N–H and O–H groups in total. The van der Waals surface area contributed by atoms with Gasteiger partial charge in [0.1, 0.15) is 0 Å². The average molecular weight is 284 g/mol. The number of hydrogen-bond donors (Lipinski definition) is 1. The second-order valence-corrected chi connectivity index (χ2v) is 7.75. The van der Waals surface area contributed by atoms with Crippen molar-refractivity contribution in [3.8, 4) is 0 Å². The highest BCUT2D eigenvalue weighted by Gasteiger charge is 2.38. The van der Waals surface area contributed by atoms with Crippen LogP contribution in [0.4, 0.5) is 0 Å². The quantitative estimate of drug-likeness (QED) is 0.839. The maximum absolute atomic E-state index is 5.17. The van der Waals surface area contributed by atoms with Crippen LogP contribution in [0.5, 0.6) is 0 Å². The Bertz CT molecular complexity index is 322. The molecule has 1 aliphatic carbocycles. The summed E-state index contributed by atoms with van der Waals surface area (Å²) in [7, 11) is 1.77. The lowest BCUT2D eigenvalue weighted by molar-refractivity contribution is 0.155. The van der Waals surface area contributed by atoms with Crippen LogP contribution in [0, 0.1) is 5.41 Å². The molecule has 2 rings (SSSR count). The van der Waals surface area contributed by atoms with Crippen LogP contribution in [0.25, 0.3) is 0 Å². The predicted octanol–water partition coefficient (Wildman–Crippen LogP) is 3.44. The van der Waals surface area contributed by atoms with Gasteiger partial charge in [0, 0.05) is 31.6 Å². The smallest absolute Gasteiger partial charge is 0.157 e. The third kappa shape index (κ3) is 4.38. The monoisotopic (exact) mass is 284 g/mol. The van der Waals surface area contributed by atoms with E-state index in [0.717, 1.165) is 19.6 Å². The van der Waals surface area contributed by atoms with E-state index in [-0.39, 0.29) is 5.41 Å². The lowest BCUT2D eigenvalue weighted by atomic mass is 9.83. The molecule has 0 radical (unpaired) electrons. The Morgan fingerprint density at radius 2 is 2.05 bits per heavy atom. The third-order valence-corrected chi connectivity index (χ3v) is 5.50. The average Bonchev–Trinajstić information content (AvgIpc) is 2.78. The molecule has 19 heavy (non-hydrogen) atoms. The fraction of sp³-hybridized carbons (Fsp3) is 0.933. The number of methoxy groups -OCH3 is 1. The third-order valence-electron chi connectivity index (χ3n) is 4.30. The van der Waals surface area contributed by atoms with Gasteiger partial charge in [0.15, 0.2) is 5.17 Å². The van der Waals surface area contributed by atoms with E-state index in [9.17, 15) is 0 Å². The van der Waals surface area contributed by atoms with Crippen LogP contribution in [-0.4, -0.2) is 36.7 Å². The summed E-state index contributed by atoms with van der Waals surface area (Å²) in [6.07, 6.45) is 7.87. The van der Waals surface area contributed by atoms with E-state index in [0.29, 0.717) is 5.54 Å². The van der Waals surface area contributed by atoms with Gasteiger partial charge in [-0.15, -0.1) is 0 Å². The highest BCUT2D eigenvalue weighted by molar-refractivity contribution is 8.14. The molecular weight excluding hydrogens is 256 g/mol. The molecule has 0 aromatic carbocycles. The molecule has 0 aromatic rings. The number of nitrogens with one attached hydrogen (secondary N) is 1. The van der Waals surface area contributed by atoms with Gasteiger partial charge in [0.2, 0.25) is 0 Å². The van der Waals surface area contributed by atoms with Crippen molar-refractivity contribution in [3.63, 3.8) is 0 Å². The Morgan fingerprint density at radius 3 is 2.74 bits per heavy atom. The Balaban J connectivity index is 1.84. The molecule has 2 fully saturated rings. The Morgan fingerprint density at radius 1 is 1.32 bits per heavy atom. The summed E-state index contributed by atoms with van der Waals surface area (Å²) in [5, 5.41) is 4.89. The molecule has 110 valence electrons. The van der Waals surface area contributed by atoms with Crippen LogP contribution in [0.2, 0.25) is 0 Å². The van der Waals surface area contributed by atoms with Crippen LogP contribution in [0.15, 0.2) is 4.99 Å². The summed E-state index contributed by atoms with van der Waals surface area (Å²) in [6, 6.07) is 0. The van der Waals surface area contributed by atoms with E-state index in [1.165, 1.54) is 43.0 Å². The van der Waals surface area contributed by atoms with Crippen molar-refractivity contribution in [2.24, 2.45) is 10.4 Å². The van der Waals surface area contributed by atoms with E-state index < -0.39 is 0 Å². The summed E-state index contributed by atoms with van der Waals surface area (Å²) < 4.78 is 5.17. The van der Waals surface area contributed by atoms with Gasteiger partial charge in [-0.25, -0.2) is 0 Å². The van der Waals surface area contributed by atoms with E-state index in [2.05, 4.69) is 19.2 Å². The molecule has 1 saturated carbocycles. The van der Waals surface area contributed by atoms with Crippen molar-refractivity contribution in [2.75, 3.05) is 26.0 Å². The van der Waals surface area contributed by atoms with Gasteiger partial charge in [-0.1, -0.05) is 44.9 Å². The van der Waals surface area contributed by atoms with E-state index >= 15 is 0 Å². The molecule has 0 amide bonds. The van der Waals surface area contributed by atoms with E-state index in [1.54, 1.807) is 7.11 Å². The second-order valence-electron chi connectivity index (χ2n) is 6.78. The lowest BCUT2D eigenvalue weighted by Crippen LogP contribution is -2.45. The van der Waals surface area contributed by atoms with Crippen molar-refractivity contribution in [2.45, 2.75) is 57.9 Å². The first kappa shape index (κ1) is 15.2. The highest BCUT2D eigenvalue weighted by atomic mass is 32.2. The maximum atomic E-state index is 5.17. The zero-order valence-electron chi connectivity index (χ0n) is 12.6. The second kappa shape index (κ2) is 6.49. The number of ether oxygens (including phenoxy) is 1. The molecule has 1 spiro atoms. The summed E-state index contributed by atoms with van der Waals surface area (Å²) in [6.45, 7) is 6.25. The molecule has 2 aliphatic rings. The molecule has 3 nitrogen and oxygen atoms in total. The van der Waals surface area contributed by atoms with Crippen LogP contribution >= 0.6 is 11.8 Å². The Labute approximate surface area is 122 Å². The number of rotatable bonds is 5. The number of thioether (sulfide) groups is 1. The van der Waals surface area contributed by atoms with Crippen molar-refractivity contribution < 1.29 is 4.74 Å². The van der Waals surface area contributed by atoms with Gasteiger partial charge in [-0.05, 0) is 24.7 Å². The Kier molecular flexibility index (Phi) is 5.18. The first-order valence-electron chi connectivity index (χ1n) is 7.50. The van der Waals surface area contributed by atoms with Crippen LogP contribution in [0.3, 0.4) is 0 Å². The van der Waals surface area contributed by atoms with E-state index in [4.69, 9.17) is 9.73 Å². The molecule has 0 bridgehead atoms. The van der Waals surface area contributed by atoms with Gasteiger partial charge in [-0.2, -0.15) is 0 Å². The van der Waals surface area contributed by atoms with Crippen LogP contribution < -0.4 is 5.32 Å². The van der Waals surface area contributed by atoms with Crippen LogP contribution in [-0.2, 0) is 4.74 Å². The molecule has 0 aromatic heterocycles. The highest BCUT2D eigenvalue weighted by Crippen LogP contribution is 2.36. The molecular formula is C15H28N2OS. The molecule has 1 heterocycles. The minimum atomic E-state index is 0.230. The SMILES string of the molecule is COCCC(C)(C)CN=C1NC2(CCCCC2)CS1. The zero-order valence-corrected chi connectivity index (χ0v) is 13.4. The minimum Gasteiger partial charge on any atom is -0.385 e. The number of amidine groups is 1. The van der Waals surface area contributed by atoms with Crippen molar-refractivity contribution in [1.29, 1.82) is 0 Å². The largest absolute Gasteiger partial charge is 0.385 e. The normalized spacial score (nSPS) is 24.9. The topological polar surface area (TPSA) is 33.6 Å². The lowest BCUT2D eigenvalue weighted by Gasteiger charge is -2.32. The molecule has 0 atom stereocenters. The van der Waals surface area contributed by atoms with Gasteiger partial charge in [0.25, 0.3) is 0 Å². The summed E-state index contributed by atoms with van der Waals surface area (Å²) in [5.74, 6) is 1.21. The van der Waals surface area contributed by atoms with Crippen LogP contribution in [0.1, 0.15) is 52.4 Å². The van der Waals surface area contributed by atoms with Gasteiger partial charge >= 0.3 is 0 Å². The predicted molar refractivity (Wildman–Crippen MR) is 84.0 cm³/mol. The summed E-state index contributed by atoms with van der Waals surface area (Å²) >= 11 is 1.92. The number of hydrogen-bond acceptors (Lipinski definition) is 3. The molecule has 1 saturated heterocycles. The number of aliphatic imine (C=N–C) groups is 1. The fourth-order valence-electron chi connectivity index (χ4n) is 2.83. The summed E-state index contributed by atoms with van der Waals surface area (Å²) in [5.41, 5.74) is 0.603. The standard InChI is InChI=1S/C15H28N2OS/c1-14(2,9-10-18-3)11-16-13-17-15(12-19-13)7-5-4-6-8-15/h4-12H2,1-3H3,(H,16,17). The van der Waals surface area contributed by atoms with Crippen molar-refractivity contribution in [1.82, 2.24) is 5.32 Å². The summed E-state index contributed by atoms with van der Waals surface area (Å²) in [4.78, 5) is 4.81. The Hall–Kier alpha value is -0.220. The molecule has 4 heteroatoms. The molecule has 1 aliphatic heterocycles. The van der Waals surface area contributed by atoms with E-state index in [1.807, 2.05) is 11.8 Å². The van der Waals surface area contributed by atoms with Gasteiger partial charge < -0.3 is 10.1 Å². The van der Waals surface area contributed by atoms with Crippen molar-refractivity contribution in [3.05, 3.63) is 0 Å². The fourth-order valence-corrected chi connectivity index (χ4v) is 4.05. The molecule has 0 unspecified atom stereocenters. The van der Waals surface area contributed by atoms with Gasteiger partial charge in [0.05, 0.1) is 0 Å². The first-order chi connectivity index (χ1) is 9.05. The first-order valence-corrected chi connectivity index (χ1v) is 8.48.